The molecule has 0 bridgehead atoms. The van der Waals surface area contributed by atoms with Crippen LogP contribution in [0.25, 0.3) is 11.0 Å². The summed E-state index contributed by atoms with van der Waals surface area (Å²) in [5, 5.41) is 12.9. The van der Waals surface area contributed by atoms with E-state index in [0.717, 1.165) is 4.85 Å². The van der Waals surface area contributed by atoms with E-state index >= 15 is 0 Å². The van der Waals surface area contributed by atoms with E-state index in [1.54, 1.807) is 18.2 Å². The monoisotopic (exact) mass is 474 g/mol. The number of benzene rings is 2. The molecule has 1 aromatic heterocycles. The molecule has 2 aromatic carbocycles. The zero-order chi connectivity index (χ0) is 23.4. The molecule has 12 nitrogen and oxygen atoms in total. The number of nitrogens with zero attached hydrogens (tertiary/aromatic N) is 4. The van der Waals surface area contributed by atoms with Gasteiger partial charge in [0.15, 0.2) is 6.61 Å². The molecule has 4 rings (SSSR count). The molecule has 0 aliphatic carbocycles. The van der Waals surface area contributed by atoms with Crippen molar-refractivity contribution < 1.29 is 27.6 Å². The number of carbonyl (C=O) groups excluding carboxylic acids is 2. The molecule has 3 aromatic rings. The molecule has 2 heterocycles. The highest BCUT2D eigenvalue weighted by atomic mass is 32.2. The second-order valence-corrected chi connectivity index (χ2v) is 9.05. The van der Waals surface area contributed by atoms with Gasteiger partial charge in [-0.25, -0.2) is 8.42 Å². The average molecular weight is 474 g/mol. The molecule has 1 aliphatic heterocycles. The standard InChI is InChI=1S/C20H22N6O6S/c1-21-20(28)14-3-2-4-15(11-14)22-19(27)13-32-26-18-12-16(5-6-17(18)23-24-26)33(29,30)25-7-9-31-10-8-25/h2-6,11-12H,7-10,13H2,1H3,(H,21,28)(H,22,27). The Hall–Kier alpha value is -3.55. The minimum absolute atomic E-state index is 0.0690. The van der Waals surface area contributed by atoms with E-state index in [9.17, 15) is 18.0 Å². The van der Waals surface area contributed by atoms with Gasteiger partial charge >= 0.3 is 0 Å². The van der Waals surface area contributed by atoms with Crippen LogP contribution in [0.2, 0.25) is 0 Å². The summed E-state index contributed by atoms with van der Waals surface area (Å²) in [6.45, 7) is 0.810. The minimum Gasteiger partial charge on any atom is -0.385 e. The van der Waals surface area contributed by atoms with Crippen LogP contribution in [-0.2, 0) is 19.6 Å². The van der Waals surface area contributed by atoms with Crippen molar-refractivity contribution in [1.29, 1.82) is 0 Å². The van der Waals surface area contributed by atoms with Crippen LogP contribution in [0.15, 0.2) is 47.4 Å². The number of hydrogen-bond donors (Lipinski definition) is 2. The first-order chi connectivity index (χ1) is 15.9. The Morgan fingerprint density at radius 2 is 1.94 bits per heavy atom. The van der Waals surface area contributed by atoms with E-state index in [-0.39, 0.29) is 23.9 Å². The van der Waals surface area contributed by atoms with Gasteiger partial charge < -0.3 is 20.2 Å². The zero-order valence-corrected chi connectivity index (χ0v) is 18.5. The zero-order valence-electron chi connectivity index (χ0n) is 17.7. The average Bonchev–Trinajstić information content (AvgIpc) is 3.25. The van der Waals surface area contributed by atoms with Gasteiger partial charge in [0.1, 0.15) is 11.0 Å². The topological polar surface area (TPSA) is 145 Å². The normalized spacial score (nSPS) is 14.7. The number of hydrogen-bond acceptors (Lipinski definition) is 8. The number of amides is 2. The summed E-state index contributed by atoms with van der Waals surface area (Å²) in [7, 11) is -2.20. The molecule has 1 fully saturated rings. The molecule has 0 saturated carbocycles. The molecule has 1 aliphatic rings. The smallest absolute Gasteiger partial charge is 0.265 e. The number of morpholine rings is 1. The van der Waals surface area contributed by atoms with Crippen LogP contribution in [0.5, 0.6) is 0 Å². The highest BCUT2D eigenvalue weighted by Crippen LogP contribution is 2.21. The lowest BCUT2D eigenvalue weighted by Gasteiger charge is -2.26. The van der Waals surface area contributed by atoms with Gasteiger partial charge in [-0.05, 0) is 41.6 Å². The van der Waals surface area contributed by atoms with Crippen LogP contribution in [0.1, 0.15) is 10.4 Å². The molecule has 0 unspecified atom stereocenters. The third kappa shape index (κ3) is 4.94. The third-order valence-corrected chi connectivity index (χ3v) is 6.84. The second-order valence-electron chi connectivity index (χ2n) is 7.11. The summed E-state index contributed by atoms with van der Waals surface area (Å²) in [6.07, 6.45) is 0. The number of rotatable bonds is 7. The number of ether oxygens (including phenoxy) is 1. The summed E-state index contributed by atoms with van der Waals surface area (Å²) >= 11 is 0. The number of nitrogens with one attached hydrogen (secondary N) is 2. The Morgan fingerprint density at radius 1 is 1.15 bits per heavy atom. The van der Waals surface area contributed by atoms with E-state index in [0.29, 0.717) is 35.5 Å². The third-order valence-electron chi connectivity index (χ3n) is 4.95. The van der Waals surface area contributed by atoms with Gasteiger partial charge in [0.05, 0.1) is 18.1 Å². The van der Waals surface area contributed by atoms with Crippen molar-refractivity contribution in [3.8, 4) is 0 Å². The SMILES string of the molecule is CNC(=O)c1cccc(NC(=O)COn2nnc3ccc(S(=O)(=O)N4CCOCC4)cc32)c1. The summed E-state index contributed by atoms with van der Waals surface area (Å²) in [5.41, 5.74) is 1.54. The van der Waals surface area contributed by atoms with Crippen LogP contribution in [0.4, 0.5) is 5.69 Å². The lowest BCUT2D eigenvalue weighted by atomic mass is 10.2. The van der Waals surface area contributed by atoms with Crippen molar-refractivity contribution in [3.05, 3.63) is 48.0 Å². The quantitative estimate of drug-likeness (QED) is 0.482. The van der Waals surface area contributed by atoms with Gasteiger partial charge in [-0.1, -0.05) is 10.9 Å². The van der Waals surface area contributed by atoms with Gasteiger partial charge in [-0.3, -0.25) is 9.59 Å². The first-order valence-corrected chi connectivity index (χ1v) is 11.5. The minimum atomic E-state index is -3.72. The number of sulfonamides is 1. The van der Waals surface area contributed by atoms with Gasteiger partial charge in [0, 0.05) is 31.4 Å². The largest absolute Gasteiger partial charge is 0.385 e. The second kappa shape index (κ2) is 9.52. The van der Waals surface area contributed by atoms with Crippen molar-refractivity contribution >= 4 is 38.6 Å². The fourth-order valence-corrected chi connectivity index (χ4v) is 4.70. The van der Waals surface area contributed by atoms with Crippen LogP contribution in [-0.4, -0.2) is 79.7 Å². The maximum Gasteiger partial charge on any atom is 0.265 e. The van der Waals surface area contributed by atoms with Crippen molar-refractivity contribution in [1.82, 2.24) is 24.8 Å². The van der Waals surface area contributed by atoms with Crippen molar-refractivity contribution in [2.75, 3.05) is 45.3 Å². The molecule has 0 atom stereocenters. The van der Waals surface area contributed by atoms with Crippen molar-refractivity contribution in [2.24, 2.45) is 0 Å². The summed E-state index contributed by atoms with van der Waals surface area (Å²) < 4.78 is 32.4. The molecular formula is C20H22N6O6S. The Morgan fingerprint density at radius 3 is 2.70 bits per heavy atom. The van der Waals surface area contributed by atoms with E-state index in [1.165, 1.54) is 35.6 Å². The molecule has 0 radical (unpaired) electrons. The fraction of sp³-hybridized carbons (Fsp3) is 0.300. The number of anilines is 1. The van der Waals surface area contributed by atoms with E-state index < -0.39 is 22.5 Å². The summed E-state index contributed by atoms with van der Waals surface area (Å²) in [5.74, 6) is -0.774. The van der Waals surface area contributed by atoms with Gasteiger partial charge in [-0.2, -0.15) is 4.31 Å². The molecule has 174 valence electrons. The molecule has 33 heavy (non-hydrogen) atoms. The lowest BCUT2D eigenvalue weighted by Crippen LogP contribution is -2.40. The maximum atomic E-state index is 12.9. The van der Waals surface area contributed by atoms with Gasteiger partial charge in [0.25, 0.3) is 11.8 Å². The van der Waals surface area contributed by atoms with Crippen LogP contribution < -0.4 is 15.5 Å². The molecule has 2 N–H and O–H groups in total. The first-order valence-electron chi connectivity index (χ1n) is 10.1. The predicted octanol–water partition coefficient (Wildman–Crippen LogP) is -0.121. The molecular weight excluding hydrogens is 452 g/mol. The first kappa shape index (κ1) is 22.6. The summed E-state index contributed by atoms with van der Waals surface area (Å²) in [4.78, 5) is 30.6. The number of carbonyl (C=O) groups is 2. The number of aromatic nitrogens is 3. The molecule has 1 saturated heterocycles. The van der Waals surface area contributed by atoms with Gasteiger partial charge in [0.2, 0.25) is 10.0 Å². The van der Waals surface area contributed by atoms with Crippen LogP contribution in [0.3, 0.4) is 0 Å². The van der Waals surface area contributed by atoms with Crippen LogP contribution >= 0.6 is 0 Å². The fourth-order valence-electron chi connectivity index (χ4n) is 3.27. The highest BCUT2D eigenvalue weighted by Gasteiger charge is 2.27. The molecule has 2 amide bonds. The van der Waals surface area contributed by atoms with Gasteiger partial charge in [-0.15, -0.1) is 5.10 Å². The van der Waals surface area contributed by atoms with Crippen LogP contribution in [0, 0.1) is 0 Å². The van der Waals surface area contributed by atoms with Crippen molar-refractivity contribution in [2.45, 2.75) is 4.90 Å². The van der Waals surface area contributed by atoms with E-state index in [4.69, 9.17) is 9.57 Å². The summed E-state index contributed by atoms with van der Waals surface area (Å²) in [6, 6.07) is 10.8. The Bertz CT molecular complexity index is 1290. The van der Waals surface area contributed by atoms with Crippen molar-refractivity contribution in [3.63, 3.8) is 0 Å². The Labute approximate surface area is 189 Å². The number of fused-ring (bicyclic) bond motifs is 1. The van der Waals surface area contributed by atoms with E-state index in [1.807, 2.05) is 0 Å². The highest BCUT2D eigenvalue weighted by molar-refractivity contribution is 7.89. The predicted molar refractivity (Wildman–Crippen MR) is 117 cm³/mol. The van der Waals surface area contributed by atoms with E-state index in [2.05, 4.69) is 20.9 Å². The molecule has 13 heteroatoms. The maximum absolute atomic E-state index is 12.9. The Balaban J connectivity index is 1.46. The lowest BCUT2D eigenvalue weighted by molar-refractivity contribution is -0.121. The Kier molecular flexibility index (Phi) is 6.53. The molecule has 0 spiro atoms.